The van der Waals surface area contributed by atoms with E-state index in [1.54, 1.807) is 16.1 Å². The van der Waals surface area contributed by atoms with Gasteiger partial charge < -0.3 is 10.2 Å². The first-order valence-electron chi connectivity index (χ1n) is 8.86. The molecular weight excluding hydrogens is 346 g/mol. The van der Waals surface area contributed by atoms with E-state index >= 15 is 0 Å². The van der Waals surface area contributed by atoms with Crippen LogP contribution in [0.2, 0.25) is 0 Å². The monoisotopic (exact) mass is 369 g/mol. The first kappa shape index (κ1) is 18.4. The lowest BCUT2D eigenvalue weighted by atomic mass is 10.2. The Kier molecular flexibility index (Phi) is 5.85. The average molecular weight is 369 g/mol. The molecule has 0 atom stereocenters. The zero-order valence-corrected chi connectivity index (χ0v) is 15.9. The van der Waals surface area contributed by atoms with Gasteiger partial charge >= 0.3 is 0 Å². The molecule has 0 saturated heterocycles. The highest BCUT2D eigenvalue weighted by Gasteiger charge is 2.10. The summed E-state index contributed by atoms with van der Waals surface area (Å²) in [6.07, 6.45) is 0. The molecule has 2 aromatic carbocycles. The second-order valence-corrected chi connectivity index (χ2v) is 7.00. The summed E-state index contributed by atoms with van der Waals surface area (Å²) in [5.41, 5.74) is 1.35. The largest absolute Gasteiger partial charge is 0.351 e. The van der Waals surface area contributed by atoms with Gasteiger partial charge in [-0.05, 0) is 49.5 Å². The highest BCUT2D eigenvalue weighted by Crippen LogP contribution is 2.20. The van der Waals surface area contributed by atoms with Gasteiger partial charge in [-0.1, -0.05) is 37.5 Å². The van der Waals surface area contributed by atoms with E-state index in [4.69, 9.17) is 0 Å². The zero-order chi connectivity index (χ0) is 18.5. The van der Waals surface area contributed by atoms with Crippen LogP contribution in [0, 0.1) is 0 Å². The summed E-state index contributed by atoms with van der Waals surface area (Å²) < 4.78 is 2.61. The van der Waals surface area contributed by atoms with Gasteiger partial charge in [0.05, 0.1) is 15.8 Å². The van der Waals surface area contributed by atoms with Crippen LogP contribution in [-0.2, 0) is 0 Å². The molecule has 0 saturated carbocycles. The molecule has 0 bridgehead atoms. The van der Waals surface area contributed by atoms with Gasteiger partial charge in [-0.3, -0.25) is 9.59 Å². The van der Waals surface area contributed by atoms with Crippen LogP contribution in [0.1, 0.15) is 24.2 Å². The van der Waals surface area contributed by atoms with Gasteiger partial charge in [0.2, 0.25) is 0 Å². The number of carbonyl (C=O) groups is 1. The predicted molar refractivity (Wildman–Crippen MR) is 108 cm³/mol. The molecule has 1 N–H and O–H groups in total. The summed E-state index contributed by atoms with van der Waals surface area (Å²) in [6, 6.07) is 14.7. The smallest absolute Gasteiger partial charge is 0.273 e. The van der Waals surface area contributed by atoms with Crippen molar-refractivity contribution in [3.63, 3.8) is 0 Å². The first-order valence-corrected chi connectivity index (χ1v) is 9.63. The minimum absolute atomic E-state index is 0.0259. The number of nitrogens with zero attached hydrogens (tertiary/aromatic N) is 2. The van der Waals surface area contributed by atoms with Gasteiger partial charge in [-0.2, -0.15) is 0 Å². The Balaban J connectivity index is 1.71. The average Bonchev–Trinajstić information content (AvgIpc) is 3.02. The minimum atomic E-state index is -0.0904. The molecule has 6 heteroatoms. The number of amides is 1. The van der Waals surface area contributed by atoms with E-state index in [9.17, 15) is 9.59 Å². The molecule has 1 heterocycles. The van der Waals surface area contributed by atoms with Crippen molar-refractivity contribution in [2.24, 2.45) is 0 Å². The Bertz CT molecular complexity index is 940. The molecule has 3 aromatic rings. The van der Waals surface area contributed by atoms with Crippen LogP contribution in [0.15, 0.2) is 53.3 Å². The number of benzene rings is 2. The molecule has 26 heavy (non-hydrogen) atoms. The molecule has 0 unspecified atom stereocenters. The third-order valence-electron chi connectivity index (χ3n) is 4.46. The van der Waals surface area contributed by atoms with Crippen molar-refractivity contribution in [1.82, 2.24) is 14.2 Å². The van der Waals surface area contributed by atoms with Gasteiger partial charge in [-0.15, -0.1) is 0 Å². The maximum absolute atomic E-state index is 12.5. The standard InChI is InChI=1S/C20H23N3O2S/c1-3-22(4-2)14-13-21-19(24)15-9-11-16(12-10-15)23-20(25)17-7-5-6-8-18(17)26-23/h5-12H,3-4,13-14H2,1-2H3,(H,21,24). The molecule has 0 aliphatic heterocycles. The van der Waals surface area contributed by atoms with E-state index < -0.39 is 0 Å². The second-order valence-electron chi connectivity index (χ2n) is 6.02. The third-order valence-corrected chi connectivity index (χ3v) is 5.58. The molecule has 0 radical (unpaired) electrons. The van der Waals surface area contributed by atoms with E-state index in [1.807, 2.05) is 36.4 Å². The van der Waals surface area contributed by atoms with Crippen molar-refractivity contribution in [1.29, 1.82) is 0 Å². The Morgan fingerprint density at radius 3 is 2.42 bits per heavy atom. The topological polar surface area (TPSA) is 54.3 Å². The lowest BCUT2D eigenvalue weighted by Crippen LogP contribution is -2.34. The highest BCUT2D eigenvalue weighted by atomic mass is 32.1. The van der Waals surface area contributed by atoms with E-state index in [-0.39, 0.29) is 11.5 Å². The maximum atomic E-state index is 12.5. The fraction of sp³-hybridized carbons (Fsp3) is 0.300. The molecule has 136 valence electrons. The lowest BCUT2D eigenvalue weighted by molar-refractivity contribution is 0.0949. The second kappa shape index (κ2) is 8.29. The van der Waals surface area contributed by atoms with Gasteiger partial charge in [0.1, 0.15) is 0 Å². The highest BCUT2D eigenvalue weighted by molar-refractivity contribution is 7.14. The van der Waals surface area contributed by atoms with Gasteiger partial charge in [0.15, 0.2) is 0 Å². The van der Waals surface area contributed by atoms with Gasteiger partial charge in [0, 0.05) is 18.7 Å². The Morgan fingerprint density at radius 2 is 1.77 bits per heavy atom. The van der Waals surface area contributed by atoms with E-state index in [1.165, 1.54) is 11.5 Å². The molecular formula is C20H23N3O2S. The molecule has 0 fully saturated rings. The number of hydrogen-bond donors (Lipinski definition) is 1. The summed E-state index contributed by atoms with van der Waals surface area (Å²) in [6.45, 7) is 7.64. The summed E-state index contributed by atoms with van der Waals surface area (Å²) in [4.78, 5) is 27.0. The van der Waals surface area contributed by atoms with Crippen molar-refractivity contribution in [3.05, 3.63) is 64.4 Å². The lowest BCUT2D eigenvalue weighted by Gasteiger charge is -2.17. The van der Waals surface area contributed by atoms with Crippen molar-refractivity contribution in [2.45, 2.75) is 13.8 Å². The van der Waals surface area contributed by atoms with Crippen molar-refractivity contribution < 1.29 is 4.79 Å². The Hall–Kier alpha value is -2.44. The van der Waals surface area contributed by atoms with Crippen LogP contribution in [0.3, 0.4) is 0 Å². The summed E-state index contributed by atoms with van der Waals surface area (Å²) >= 11 is 1.41. The predicted octanol–water partition coefficient (Wildman–Crippen LogP) is 3.12. The number of fused-ring (bicyclic) bond motifs is 1. The minimum Gasteiger partial charge on any atom is -0.351 e. The fourth-order valence-electron chi connectivity index (χ4n) is 2.86. The fourth-order valence-corrected chi connectivity index (χ4v) is 3.86. The van der Waals surface area contributed by atoms with Crippen LogP contribution >= 0.6 is 11.5 Å². The number of hydrogen-bond acceptors (Lipinski definition) is 4. The quantitative estimate of drug-likeness (QED) is 0.696. The van der Waals surface area contributed by atoms with Gasteiger partial charge in [0.25, 0.3) is 11.5 Å². The van der Waals surface area contributed by atoms with Gasteiger partial charge in [-0.25, -0.2) is 3.96 Å². The van der Waals surface area contributed by atoms with E-state index in [0.717, 1.165) is 35.4 Å². The molecule has 5 nitrogen and oxygen atoms in total. The normalized spacial score (nSPS) is 11.2. The van der Waals surface area contributed by atoms with Crippen molar-refractivity contribution in [2.75, 3.05) is 26.2 Å². The Morgan fingerprint density at radius 1 is 1.08 bits per heavy atom. The zero-order valence-electron chi connectivity index (χ0n) is 15.1. The van der Waals surface area contributed by atoms with Crippen LogP contribution < -0.4 is 10.9 Å². The van der Waals surface area contributed by atoms with E-state index in [0.29, 0.717) is 12.1 Å². The SMILES string of the molecule is CCN(CC)CCNC(=O)c1ccc(-n2sc3ccccc3c2=O)cc1. The molecule has 0 aliphatic rings. The van der Waals surface area contributed by atoms with Crippen LogP contribution in [0.5, 0.6) is 0 Å². The summed E-state index contributed by atoms with van der Waals surface area (Å²) in [5, 5.41) is 3.66. The summed E-state index contributed by atoms with van der Waals surface area (Å²) in [5.74, 6) is -0.0904. The molecule has 0 spiro atoms. The Labute approximate surface area is 157 Å². The van der Waals surface area contributed by atoms with E-state index in [2.05, 4.69) is 24.1 Å². The number of carbonyl (C=O) groups excluding carboxylic acids is 1. The van der Waals surface area contributed by atoms with Crippen LogP contribution in [0.4, 0.5) is 0 Å². The summed E-state index contributed by atoms with van der Waals surface area (Å²) in [7, 11) is 0. The van der Waals surface area contributed by atoms with Crippen LogP contribution in [0.25, 0.3) is 15.8 Å². The molecule has 0 aliphatic carbocycles. The molecule has 1 amide bonds. The maximum Gasteiger partial charge on any atom is 0.273 e. The molecule has 3 rings (SSSR count). The number of aromatic nitrogens is 1. The van der Waals surface area contributed by atoms with Crippen molar-refractivity contribution >= 4 is 27.5 Å². The number of rotatable bonds is 7. The number of nitrogens with one attached hydrogen (secondary N) is 1. The first-order chi connectivity index (χ1) is 12.6. The van der Waals surface area contributed by atoms with Crippen LogP contribution in [-0.4, -0.2) is 40.9 Å². The third kappa shape index (κ3) is 3.86. The molecule has 1 aromatic heterocycles. The van der Waals surface area contributed by atoms with Crippen molar-refractivity contribution in [3.8, 4) is 5.69 Å². The number of likely N-dealkylation sites (N-methyl/N-ethyl adjacent to an activating group) is 1.